The van der Waals surface area contributed by atoms with Gasteiger partial charge in [0, 0.05) is 33.9 Å². The Morgan fingerprint density at radius 3 is 2.89 bits per heavy atom. The van der Waals surface area contributed by atoms with Crippen LogP contribution in [0.2, 0.25) is 0 Å². The van der Waals surface area contributed by atoms with Crippen LogP contribution in [-0.4, -0.2) is 35.2 Å². The van der Waals surface area contributed by atoms with E-state index < -0.39 is 0 Å². The van der Waals surface area contributed by atoms with Crippen LogP contribution in [0.25, 0.3) is 0 Å². The molecule has 106 valence electrons. The third-order valence-electron chi connectivity index (χ3n) is 3.09. The maximum absolute atomic E-state index is 12.1. The first-order valence-corrected chi connectivity index (χ1v) is 8.26. The predicted molar refractivity (Wildman–Crippen MR) is 80.3 cm³/mol. The van der Waals surface area contributed by atoms with Gasteiger partial charge in [0.1, 0.15) is 0 Å². The largest absolute Gasteiger partial charge is 0.396 e. The number of halogens is 1. The molecular weight excluding hydrogens is 328 g/mol. The van der Waals surface area contributed by atoms with Crippen LogP contribution >= 0.6 is 27.3 Å². The molecule has 0 aliphatic heterocycles. The van der Waals surface area contributed by atoms with Gasteiger partial charge in [-0.05, 0) is 47.7 Å². The van der Waals surface area contributed by atoms with E-state index in [1.54, 1.807) is 11.3 Å². The number of urea groups is 1. The molecule has 19 heavy (non-hydrogen) atoms. The molecule has 1 fully saturated rings. The molecule has 1 aliphatic rings. The molecule has 0 aromatic carbocycles. The van der Waals surface area contributed by atoms with E-state index in [0.717, 1.165) is 41.6 Å². The fraction of sp³-hybridized carbons (Fsp3) is 0.615. The first kappa shape index (κ1) is 14.8. The number of carbonyl (C=O) groups excluding carboxylic acids is 1. The monoisotopic (exact) mass is 346 g/mol. The summed E-state index contributed by atoms with van der Waals surface area (Å²) < 4.78 is 1.06. The minimum atomic E-state index is 0.0185. The summed E-state index contributed by atoms with van der Waals surface area (Å²) in [6.45, 7) is 1.52. The average Bonchev–Trinajstić information content (AvgIpc) is 3.14. The molecule has 4 nitrogen and oxygen atoms in total. The number of nitrogens with one attached hydrogen (secondary N) is 1. The number of aliphatic hydroxyl groups excluding tert-OH is 1. The number of unbranched alkanes of at least 4 members (excludes halogenated alkanes) is 1. The molecule has 1 saturated carbocycles. The summed E-state index contributed by atoms with van der Waals surface area (Å²) in [5.41, 5.74) is 0. The first-order chi connectivity index (χ1) is 9.20. The third kappa shape index (κ3) is 4.78. The highest BCUT2D eigenvalue weighted by Gasteiger charge is 2.31. The van der Waals surface area contributed by atoms with Crippen LogP contribution in [-0.2, 0) is 6.54 Å². The van der Waals surface area contributed by atoms with Gasteiger partial charge in [-0.25, -0.2) is 4.79 Å². The molecule has 0 bridgehead atoms. The van der Waals surface area contributed by atoms with E-state index >= 15 is 0 Å². The van der Waals surface area contributed by atoms with Crippen molar-refractivity contribution >= 4 is 33.3 Å². The highest BCUT2D eigenvalue weighted by Crippen LogP contribution is 2.27. The molecule has 0 radical (unpaired) electrons. The van der Waals surface area contributed by atoms with Gasteiger partial charge in [0.25, 0.3) is 0 Å². The van der Waals surface area contributed by atoms with Crippen molar-refractivity contribution in [2.45, 2.75) is 38.3 Å². The Balaban J connectivity index is 1.78. The van der Waals surface area contributed by atoms with Crippen molar-refractivity contribution in [1.29, 1.82) is 0 Å². The number of rotatable bonds is 7. The Labute approximate surface area is 125 Å². The molecular formula is C13H19BrN2O2S. The van der Waals surface area contributed by atoms with E-state index in [1.165, 1.54) is 0 Å². The summed E-state index contributed by atoms with van der Waals surface area (Å²) in [7, 11) is 0. The minimum Gasteiger partial charge on any atom is -0.396 e. The molecule has 0 spiro atoms. The lowest BCUT2D eigenvalue weighted by atomic mass is 10.3. The number of nitrogens with zero attached hydrogens (tertiary/aromatic N) is 1. The van der Waals surface area contributed by atoms with Crippen molar-refractivity contribution in [3.05, 3.63) is 20.8 Å². The van der Waals surface area contributed by atoms with Crippen LogP contribution in [0.3, 0.4) is 0 Å². The van der Waals surface area contributed by atoms with E-state index in [2.05, 4.69) is 21.2 Å². The predicted octanol–water partition coefficient (Wildman–Crippen LogP) is 2.96. The Bertz CT molecular complexity index is 421. The van der Waals surface area contributed by atoms with Gasteiger partial charge in [-0.2, -0.15) is 0 Å². The maximum Gasteiger partial charge on any atom is 0.317 e. The summed E-state index contributed by atoms with van der Waals surface area (Å²) in [6.07, 6.45) is 3.84. The summed E-state index contributed by atoms with van der Waals surface area (Å²) in [6, 6.07) is 2.46. The van der Waals surface area contributed by atoms with Gasteiger partial charge in [0.05, 0.1) is 6.54 Å². The van der Waals surface area contributed by atoms with Crippen LogP contribution in [0.4, 0.5) is 4.79 Å². The average molecular weight is 347 g/mol. The van der Waals surface area contributed by atoms with E-state index in [1.807, 2.05) is 16.3 Å². The van der Waals surface area contributed by atoms with Gasteiger partial charge in [-0.1, -0.05) is 0 Å². The SMILES string of the molecule is O=C(NCc1cc(Br)cs1)N(CCCCO)C1CC1. The third-order valence-corrected chi connectivity index (χ3v) is 4.79. The molecule has 1 aliphatic carbocycles. The van der Waals surface area contributed by atoms with Crippen molar-refractivity contribution in [2.24, 2.45) is 0 Å². The normalized spacial score (nSPS) is 14.4. The number of amides is 2. The number of hydrogen-bond acceptors (Lipinski definition) is 3. The summed E-state index contributed by atoms with van der Waals surface area (Å²) in [5.74, 6) is 0. The fourth-order valence-corrected chi connectivity index (χ4v) is 3.33. The Morgan fingerprint density at radius 2 is 2.32 bits per heavy atom. The Morgan fingerprint density at radius 1 is 1.53 bits per heavy atom. The second-order valence-corrected chi connectivity index (χ2v) is 6.66. The molecule has 1 aromatic heterocycles. The fourth-order valence-electron chi connectivity index (χ4n) is 1.94. The number of hydrogen-bond donors (Lipinski definition) is 2. The number of thiophene rings is 1. The summed E-state index contributed by atoms with van der Waals surface area (Å²) >= 11 is 5.04. The molecule has 2 rings (SSSR count). The van der Waals surface area contributed by atoms with Crippen molar-refractivity contribution in [3.8, 4) is 0 Å². The second-order valence-electron chi connectivity index (χ2n) is 4.75. The standard InChI is InChI=1S/C13H19BrN2O2S/c14-10-7-12(19-9-10)8-15-13(18)16(11-3-4-11)5-1-2-6-17/h7,9,11,17H,1-6,8H2,(H,15,18). The van der Waals surface area contributed by atoms with Crippen molar-refractivity contribution < 1.29 is 9.90 Å². The Kier molecular flexibility index (Phi) is 5.66. The van der Waals surface area contributed by atoms with E-state index in [-0.39, 0.29) is 12.6 Å². The van der Waals surface area contributed by atoms with Crippen molar-refractivity contribution in [1.82, 2.24) is 10.2 Å². The zero-order valence-corrected chi connectivity index (χ0v) is 13.2. The number of aliphatic hydroxyl groups is 1. The van der Waals surface area contributed by atoms with Crippen LogP contribution in [0, 0.1) is 0 Å². The zero-order valence-electron chi connectivity index (χ0n) is 10.8. The van der Waals surface area contributed by atoms with E-state index in [9.17, 15) is 4.79 Å². The molecule has 2 amide bonds. The van der Waals surface area contributed by atoms with Crippen molar-refractivity contribution in [3.63, 3.8) is 0 Å². The quantitative estimate of drug-likeness (QED) is 0.745. The highest BCUT2D eigenvalue weighted by atomic mass is 79.9. The van der Waals surface area contributed by atoms with Crippen LogP contribution < -0.4 is 5.32 Å². The molecule has 0 atom stereocenters. The van der Waals surface area contributed by atoms with E-state index in [0.29, 0.717) is 12.6 Å². The van der Waals surface area contributed by atoms with Gasteiger partial charge in [0.15, 0.2) is 0 Å². The Hall–Kier alpha value is -0.590. The first-order valence-electron chi connectivity index (χ1n) is 6.59. The molecule has 1 aromatic rings. The van der Waals surface area contributed by atoms with Gasteiger partial charge < -0.3 is 15.3 Å². The summed E-state index contributed by atoms with van der Waals surface area (Å²) in [4.78, 5) is 15.2. The summed E-state index contributed by atoms with van der Waals surface area (Å²) in [5, 5.41) is 13.8. The van der Waals surface area contributed by atoms with Gasteiger partial charge >= 0.3 is 6.03 Å². The minimum absolute atomic E-state index is 0.0185. The lowest BCUT2D eigenvalue weighted by Gasteiger charge is -2.22. The topological polar surface area (TPSA) is 52.6 Å². The molecule has 0 unspecified atom stereocenters. The molecule has 1 heterocycles. The lowest BCUT2D eigenvalue weighted by molar-refractivity contribution is 0.190. The molecule has 2 N–H and O–H groups in total. The lowest BCUT2D eigenvalue weighted by Crippen LogP contribution is -2.41. The van der Waals surface area contributed by atoms with Crippen LogP contribution in [0.1, 0.15) is 30.6 Å². The second kappa shape index (κ2) is 7.26. The van der Waals surface area contributed by atoms with Gasteiger partial charge in [-0.3, -0.25) is 0 Å². The van der Waals surface area contributed by atoms with Crippen LogP contribution in [0.15, 0.2) is 15.9 Å². The van der Waals surface area contributed by atoms with E-state index in [4.69, 9.17) is 5.11 Å². The van der Waals surface area contributed by atoms with Crippen molar-refractivity contribution in [2.75, 3.05) is 13.2 Å². The smallest absolute Gasteiger partial charge is 0.317 e. The van der Waals surface area contributed by atoms with Crippen LogP contribution in [0.5, 0.6) is 0 Å². The highest BCUT2D eigenvalue weighted by molar-refractivity contribution is 9.10. The maximum atomic E-state index is 12.1. The number of carbonyl (C=O) groups is 1. The molecule has 0 saturated heterocycles. The van der Waals surface area contributed by atoms with Gasteiger partial charge in [0.2, 0.25) is 0 Å². The molecule has 6 heteroatoms. The zero-order chi connectivity index (χ0) is 13.7. The van der Waals surface area contributed by atoms with Gasteiger partial charge in [-0.15, -0.1) is 11.3 Å².